The van der Waals surface area contributed by atoms with Crippen LogP contribution in [0.2, 0.25) is 0 Å². The van der Waals surface area contributed by atoms with Gasteiger partial charge in [-0.15, -0.1) is 0 Å². The lowest BCUT2D eigenvalue weighted by atomic mass is 10.1. The van der Waals surface area contributed by atoms with E-state index in [4.69, 9.17) is 4.74 Å². The molecule has 2 aromatic carbocycles. The van der Waals surface area contributed by atoms with E-state index in [1.807, 2.05) is 36.4 Å². The van der Waals surface area contributed by atoms with Crippen LogP contribution in [0, 0.1) is 0 Å². The van der Waals surface area contributed by atoms with Gasteiger partial charge in [0, 0.05) is 54.8 Å². The summed E-state index contributed by atoms with van der Waals surface area (Å²) in [7, 11) is 1.60. The van der Waals surface area contributed by atoms with Gasteiger partial charge in [0.2, 0.25) is 5.91 Å². The zero-order chi connectivity index (χ0) is 21.1. The third-order valence-corrected chi connectivity index (χ3v) is 5.65. The van der Waals surface area contributed by atoms with Crippen molar-refractivity contribution in [1.29, 1.82) is 0 Å². The standard InChI is InChI=1S/C23H25N3O4/c1-30-17-8-6-16(7-9-17)24-22(27)12-15-26-20-5-3-2-4-18(20)19-10-13-25(23(28)29)14-11-21(19)26/h2-9H,10-15H2,1H3,(H,24,27)(H,28,29). The summed E-state index contributed by atoms with van der Waals surface area (Å²) in [6.07, 6.45) is 0.790. The molecule has 1 aromatic heterocycles. The van der Waals surface area contributed by atoms with Gasteiger partial charge >= 0.3 is 6.09 Å². The second-order valence-corrected chi connectivity index (χ2v) is 7.39. The van der Waals surface area contributed by atoms with Crippen LogP contribution in [0.4, 0.5) is 10.5 Å². The van der Waals surface area contributed by atoms with E-state index >= 15 is 0 Å². The molecular formula is C23H25N3O4. The summed E-state index contributed by atoms with van der Waals surface area (Å²) < 4.78 is 7.32. The zero-order valence-corrected chi connectivity index (χ0v) is 16.9. The molecule has 30 heavy (non-hydrogen) atoms. The Hall–Kier alpha value is -3.48. The Labute approximate surface area is 174 Å². The SMILES string of the molecule is COc1ccc(NC(=O)CCn2c3c(c4ccccc42)CCN(C(=O)O)CC3)cc1. The molecule has 0 saturated heterocycles. The summed E-state index contributed by atoms with van der Waals surface area (Å²) >= 11 is 0. The van der Waals surface area contributed by atoms with Crippen LogP contribution >= 0.6 is 0 Å². The van der Waals surface area contributed by atoms with Gasteiger partial charge in [0.25, 0.3) is 0 Å². The number of ether oxygens (including phenoxy) is 1. The van der Waals surface area contributed by atoms with Crippen molar-refractivity contribution in [1.82, 2.24) is 9.47 Å². The molecule has 0 spiro atoms. The van der Waals surface area contributed by atoms with E-state index in [-0.39, 0.29) is 5.91 Å². The third-order valence-electron chi connectivity index (χ3n) is 5.65. The van der Waals surface area contributed by atoms with E-state index in [0.717, 1.165) is 28.0 Å². The van der Waals surface area contributed by atoms with Crippen LogP contribution in [-0.4, -0.2) is 46.8 Å². The average molecular weight is 407 g/mol. The largest absolute Gasteiger partial charge is 0.497 e. The Balaban J connectivity index is 1.52. The zero-order valence-electron chi connectivity index (χ0n) is 16.9. The van der Waals surface area contributed by atoms with Gasteiger partial charge in [0.15, 0.2) is 0 Å². The number of aryl methyl sites for hydroxylation is 1. The van der Waals surface area contributed by atoms with Crippen molar-refractivity contribution in [2.24, 2.45) is 0 Å². The number of rotatable bonds is 5. The van der Waals surface area contributed by atoms with Crippen molar-refractivity contribution in [3.05, 3.63) is 59.8 Å². The van der Waals surface area contributed by atoms with Crippen molar-refractivity contribution in [2.75, 3.05) is 25.5 Å². The highest BCUT2D eigenvalue weighted by atomic mass is 16.5. The predicted octanol–water partition coefficient (Wildman–Crippen LogP) is 3.76. The van der Waals surface area contributed by atoms with Crippen LogP contribution in [0.15, 0.2) is 48.5 Å². The lowest BCUT2D eigenvalue weighted by Crippen LogP contribution is -2.31. The number of para-hydroxylation sites is 1. The number of hydrogen-bond acceptors (Lipinski definition) is 3. The fraction of sp³-hybridized carbons (Fsp3) is 0.304. The minimum Gasteiger partial charge on any atom is -0.497 e. The molecule has 1 aliphatic heterocycles. The van der Waals surface area contributed by atoms with Crippen LogP contribution < -0.4 is 10.1 Å². The maximum Gasteiger partial charge on any atom is 0.407 e. The van der Waals surface area contributed by atoms with Crippen LogP contribution in [0.1, 0.15) is 17.7 Å². The summed E-state index contributed by atoms with van der Waals surface area (Å²) in [6, 6.07) is 15.4. The number of carboxylic acid groups (broad SMARTS) is 1. The van der Waals surface area contributed by atoms with Gasteiger partial charge in [0.1, 0.15) is 5.75 Å². The van der Waals surface area contributed by atoms with Gasteiger partial charge in [-0.2, -0.15) is 0 Å². The smallest absolute Gasteiger partial charge is 0.407 e. The van der Waals surface area contributed by atoms with Crippen molar-refractivity contribution >= 4 is 28.6 Å². The summed E-state index contributed by atoms with van der Waals surface area (Å²) in [5.74, 6) is 0.678. The van der Waals surface area contributed by atoms with Crippen molar-refractivity contribution in [2.45, 2.75) is 25.8 Å². The van der Waals surface area contributed by atoms with E-state index in [9.17, 15) is 14.7 Å². The van der Waals surface area contributed by atoms with Crippen LogP contribution in [0.5, 0.6) is 5.75 Å². The Morgan fingerprint density at radius 1 is 1.07 bits per heavy atom. The van der Waals surface area contributed by atoms with Crippen LogP contribution in [0.3, 0.4) is 0 Å². The molecule has 3 aromatic rings. The van der Waals surface area contributed by atoms with Crippen molar-refractivity contribution < 1.29 is 19.4 Å². The van der Waals surface area contributed by atoms with Crippen LogP contribution in [0.25, 0.3) is 10.9 Å². The first-order valence-corrected chi connectivity index (χ1v) is 10.1. The normalized spacial score (nSPS) is 13.6. The first kappa shape index (κ1) is 19.8. The van der Waals surface area contributed by atoms with E-state index in [0.29, 0.717) is 38.9 Å². The second-order valence-electron chi connectivity index (χ2n) is 7.39. The molecule has 4 rings (SSSR count). The maximum atomic E-state index is 12.5. The number of hydrogen-bond donors (Lipinski definition) is 2. The van der Waals surface area contributed by atoms with Gasteiger partial charge in [-0.25, -0.2) is 4.79 Å². The summed E-state index contributed by atoms with van der Waals surface area (Å²) in [4.78, 5) is 25.4. The first-order valence-electron chi connectivity index (χ1n) is 10.1. The predicted molar refractivity (Wildman–Crippen MR) is 115 cm³/mol. The summed E-state index contributed by atoms with van der Waals surface area (Å²) in [5, 5.41) is 13.4. The maximum absolute atomic E-state index is 12.5. The monoisotopic (exact) mass is 407 g/mol. The summed E-state index contributed by atoms with van der Waals surface area (Å²) in [6.45, 7) is 1.51. The average Bonchev–Trinajstić information content (AvgIpc) is 2.89. The topological polar surface area (TPSA) is 83.8 Å². The molecule has 0 radical (unpaired) electrons. The number of aromatic nitrogens is 1. The molecule has 7 heteroatoms. The molecule has 2 N–H and O–H groups in total. The molecule has 2 heterocycles. The fourth-order valence-electron chi connectivity index (χ4n) is 4.15. The number of benzene rings is 2. The number of fused-ring (bicyclic) bond motifs is 3. The number of nitrogens with one attached hydrogen (secondary N) is 1. The Morgan fingerprint density at radius 2 is 1.80 bits per heavy atom. The van der Waals surface area contributed by atoms with E-state index in [2.05, 4.69) is 22.0 Å². The number of methoxy groups -OCH3 is 1. The van der Waals surface area contributed by atoms with Crippen LogP contribution in [-0.2, 0) is 24.2 Å². The molecule has 7 nitrogen and oxygen atoms in total. The Morgan fingerprint density at radius 3 is 2.53 bits per heavy atom. The highest BCUT2D eigenvalue weighted by Crippen LogP contribution is 2.29. The van der Waals surface area contributed by atoms with Crippen molar-refractivity contribution in [3.63, 3.8) is 0 Å². The number of nitrogens with zero attached hydrogens (tertiary/aromatic N) is 2. The first-order chi connectivity index (χ1) is 14.6. The Bertz CT molecular complexity index is 1070. The molecular weight excluding hydrogens is 382 g/mol. The molecule has 0 bridgehead atoms. The molecule has 0 saturated carbocycles. The van der Waals surface area contributed by atoms with Gasteiger partial charge in [-0.1, -0.05) is 18.2 Å². The van der Waals surface area contributed by atoms with E-state index < -0.39 is 6.09 Å². The highest BCUT2D eigenvalue weighted by Gasteiger charge is 2.23. The number of anilines is 1. The molecule has 0 fully saturated rings. The summed E-state index contributed by atoms with van der Waals surface area (Å²) in [5.41, 5.74) is 4.17. The highest BCUT2D eigenvalue weighted by molar-refractivity contribution is 5.91. The molecule has 2 amide bonds. The third kappa shape index (κ3) is 3.96. The number of carbonyl (C=O) groups is 2. The van der Waals surface area contributed by atoms with E-state index in [1.165, 1.54) is 10.5 Å². The molecule has 1 aliphatic rings. The quantitative estimate of drug-likeness (QED) is 0.675. The van der Waals surface area contributed by atoms with Gasteiger partial charge in [-0.05, 0) is 42.3 Å². The van der Waals surface area contributed by atoms with Gasteiger partial charge in [-0.3, -0.25) is 4.79 Å². The molecule has 156 valence electrons. The Kier molecular flexibility index (Phi) is 5.61. The minimum atomic E-state index is -0.880. The lowest BCUT2D eigenvalue weighted by Gasteiger charge is -2.16. The molecule has 0 aliphatic carbocycles. The lowest BCUT2D eigenvalue weighted by molar-refractivity contribution is -0.116. The van der Waals surface area contributed by atoms with Crippen molar-refractivity contribution in [3.8, 4) is 5.75 Å². The van der Waals surface area contributed by atoms with E-state index in [1.54, 1.807) is 7.11 Å². The number of carbonyl (C=O) groups excluding carboxylic acids is 1. The minimum absolute atomic E-state index is 0.0625. The number of amides is 2. The second kappa shape index (κ2) is 8.49. The van der Waals surface area contributed by atoms with Gasteiger partial charge < -0.3 is 24.6 Å². The molecule has 0 atom stereocenters. The fourth-order valence-corrected chi connectivity index (χ4v) is 4.15. The molecule has 0 unspecified atom stereocenters. The van der Waals surface area contributed by atoms with Gasteiger partial charge in [0.05, 0.1) is 7.11 Å².